The molecule has 2 heterocycles. The van der Waals surface area contributed by atoms with E-state index >= 15 is 0 Å². The van der Waals surface area contributed by atoms with Gasteiger partial charge >= 0.3 is 5.97 Å². The number of aryl methyl sites for hydroxylation is 2. The first-order chi connectivity index (χ1) is 9.78. The van der Waals surface area contributed by atoms with Gasteiger partial charge in [0.1, 0.15) is 0 Å². The van der Waals surface area contributed by atoms with Gasteiger partial charge in [0.15, 0.2) is 0 Å². The molecule has 2 aromatic heterocycles. The van der Waals surface area contributed by atoms with Gasteiger partial charge in [0.2, 0.25) is 0 Å². The highest BCUT2D eigenvalue weighted by Gasteiger charge is 2.22. The van der Waals surface area contributed by atoms with Gasteiger partial charge in [-0.1, -0.05) is 6.07 Å². The third-order valence-corrected chi connectivity index (χ3v) is 3.94. The highest BCUT2D eigenvalue weighted by Crippen LogP contribution is 2.36. The monoisotopic (exact) mass is 267 g/mol. The molecule has 0 fully saturated rings. The molecule has 5 heteroatoms. The van der Waals surface area contributed by atoms with E-state index in [2.05, 4.69) is 15.2 Å². The number of aromatic amines is 2. The Morgan fingerprint density at radius 3 is 3.05 bits per heavy atom. The molecule has 0 aliphatic heterocycles. The Kier molecular flexibility index (Phi) is 2.24. The maximum Gasteiger partial charge on any atom is 0.337 e. The Morgan fingerprint density at radius 2 is 2.20 bits per heavy atom. The van der Waals surface area contributed by atoms with Gasteiger partial charge in [0.25, 0.3) is 0 Å². The minimum absolute atomic E-state index is 0.318. The number of hydrogen-bond donors (Lipinski definition) is 2. The fourth-order valence-corrected chi connectivity index (χ4v) is 2.95. The number of carbonyl (C=O) groups is 1. The van der Waals surface area contributed by atoms with Crippen LogP contribution in [0, 0.1) is 0 Å². The molecule has 1 aliphatic rings. The summed E-state index contributed by atoms with van der Waals surface area (Å²) in [5, 5.41) is 8.32. The second kappa shape index (κ2) is 3.96. The number of nitrogens with zero attached hydrogens (tertiary/aromatic N) is 1. The highest BCUT2D eigenvalue weighted by molar-refractivity contribution is 5.98. The SMILES string of the molecule is COC(=O)c1ccc2c3c([nH]c2c1)-c1[nH]ncc1CC3. The molecule has 2 N–H and O–H groups in total. The molecule has 4 rings (SSSR count). The lowest BCUT2D eigenvalue weighted by atomic mass is 9.94. The lowest BCUT2D eigenvalue weighted by Gasteiger charge is -2.11. The van der Waals surface area contributed by atoms with Gasteiger partial charge < -0.3 is 9.72 Å². The molecule has 0 saturated heterocycles. The summed E-state index contributed by atoms with van der Waals surface area (Å²) in [5.41, 5.74) is 6.18. The smallest absolute Gasteiger partial charge is 0.337 e. The average Bonchev–Trinajstić information content (AvgIpc) is 3.08. The first-order valence-electron chi connectivity index (χ1n) is 6.53. The summed E-state index contributed by atoms with van der Waals surface area (Å²) >= 11 is 0. The van der Waals surface area contributed by atoms with E-state index < -0.39 is 0 Å². The Bertz CT molecular complexity index is 829. The molecule has 3 aromatic rings. The normalized spacial score (nSPS) is 13.1. The first kappa shape index (κ1) is 11.3. The maximum absolute atomic E-state index is 11.6. The van der Waals surface area contributed by atoms with Crippen molar-refractivity contribution in [1.29, 1.82) is 0 Å². The van der Waals surface area contributed by atoms with Crippen LogP contribution in [0.5, 0.6) is 0 Å². The lowest BCUT2D eigenvalue weighted by Crippen LogP contribution is -2.01. The van der Waals surface area contributed by atoms with Crippen LogP contribution < -0.4 is 0 Å². The molecule has 1 aromatic carbocycles. The summed E-state index contributed by atoms with van der Waals surface area (Å²) in [5.74, 6) is -0.318. The highest BCUT2D eigenvalue weighted by atomic mass is 16.5. The van der Waals surface area contributed by atoms with Crippen molar-refractivity contribution in [2.24, 2.45) is 0 Å². The number of carbonyl (C=O) groups excluding carboxylic acids is 1. The van der Waals surface area contributed by atoms with Crippen molar-refractivity contribution in [1.82, 2.24) is 15.2 Å². The summed E-state index contributed by atoms with van der Waals surface area (Å²) in [7, 11) is 1.39. The minimum Gasteiger partial charge on any atom is -0.465 e. The van der Waals surface area contributed by atoms with Crippen LogP contribution in [0.25, 0.3) is 22.3 Å². The van der Waals surface area contributed by atoms with Crippen LogP contribution in [0.2, 0.25) is 0 Å². The summed E-state index contributed by atoms with van der Waals surface area (Å²) < 4.78 is 4.76. The molecule has 0 spiro atoms. The number of hydrogen-bond acceptors (Lipinski definition) is 3. The van der Waals surface area contributed by atoms with Crippen molar-refractivity contribution in [2.45, 2.75) is 12.8 Å². The van der Waals surface area contributed by atoms with Crippen molar-refractivity contribution >= 4 is 16.9 Å². The number of H-pyrrole nitrogens is 2. The van der Waals surface area contributed by atoms with Crippen LogP contribution in [-0.2, 0) is 17.6 Å². The maximum atomic E-state index is 11.6. The van der Waals surface area contributed by atoms with E-state index in [1.54, 1.807) is 0 Å². The molecule has 0 atom stereocenters. The fourth-order valence-electron chi connectivity index (χ4n) is 2.95. The zero-order chi connectivity index (χ0) is 13.7. The Balaban J connectivity index is 1.95. The van der Waals surface area contributed by atoms with Gasteiger partial charge in [0, 0.05) is 10.9 Å². The summed E-state index contributed by atoms with van der Waals surface area (Å²) in [4.78, 5) is 15.0. The predicted octanol–water partition coefficient (Wildman–Crippen LogP) is 2.44. The molecule has 5 nitrogen and oxygen atoms in total. The van der Waals surface area contributed by atoms with Crippen molar-refractivity contribution in [2.75, 3.05) is 7.11 Å². The largest absolute Gasteiger partial charge is 0.465 e. The van der Waals surface area contributed by atoms with E-state index in [0.717, 1.165) is 35.1 Å². The number of nitrogens with one attached hydrogen (secondary N) is 2. The van der Waals surface area contributed by atoms with Crippen LogP contribution in [0.15, 0.2) is 24.4 Å². The van der Waals surface area contributed by atoms with Gasteiger partial charge in [-0.3, -0.25) is 5.10 Å². The summed E-state index contributed by atoms with van der Waals surface area (Å²) in [6.45, 7) is 0. The molecule has 0 radical (unpaired) electrons. The van der Waals surface area contributed by atoms with E-state index in [0.29, 0.717) is 5.56 Å². The molecule has 0 amide bonds. The Labute approximate surface area is 115 Å². The van der Waals surface area contributed by atoms with Gasteiger partial charge in [0.05, 0.1) is 30.3 Å². The lowest BCUT2D eigenvalue weighted by molar-refractivity contribution is 0.0601. The summed E-state index contributed by atoms with van der Waals surface area (Å²) in [6.07, 6.45) is 3.85. The second-order valence-corrected chi connectivity index (χ2v) is 5.00. The molecular weight excluding hydrogens is 254 g/mol. The minimum atomic E-state index is -0.318. The average molecular weight is 267 g/mol. The second-order valence-electron chi connectivity index (χ2n) is 5.00. The van der Waals surface area contributed by atoms with Gasteiger partial charge in [-0.25, -0.2) is 4.79 Å². The van der Waals surface area contributed by atoms with Gasteiger partial charge in [-0.05, 0) is 36.1 Å². The number of fused-ring (bicyclic) bond motifs is 5. The van der Waals surface area contributed by atoms with E-state index in [4.69, 9.17) is 4.74 Å². The molecule has 0 unspecified atom stereocenters. The molecular formula is C15H13N3O2. The predicted molar refractivity (Wildman–Crippen MR) is 74.6 cm³/mol. The number of benzene rings is 1. The standard InChI is InChI=1S/C15H13N3O2/c1-20-15(19)8-2-4-10-11-5-3-9-7-16-18-13(9)14(11)17-12(10)6-8/h2,4,6-7,17H,3,5H2,1H3,(H,16,18). The van der Waals surface area contributed by atoms with E-state index in [1.807, 2.05) is 24.4 Å². The molecule has 0 saturated carbocycles. The topological polar surface area (TPSA) is 70.8 Å². The third kappa shape index (κ3) is 1.43. The zero-order valence-corrected chi connectivity index (χ0v) is 11.0. The first-order valence-corrected chi connectivity index (χ1v) is 6.53. The molecule has 0 bridgehead atoms. The van der Waals surface area contributed by atoms with Crippen molar-refractivity contribution in [3.8, 4) is 11.4 Å². The molecule has 1 aliphatic carbocycles. The van der Waals surface area contributed by atoms with Gasteiger partial charge in [-0.2, -0.15) is 5.10 Å². The number of esters is 1. The molecule has 20 heavy (non-hydrogen) atoms. The number of ether oxygens (including phenoxy) is 1. The zero-order valence-electron chi connectivity index (χ0n) is 11.0. The summed E-state index contributed by atoms with van der Waals surface area (Å²) in [6, 6.07) is 5.64. The van der Waals surface area contributed by atoms with Crippen LogP contribution in [0.3, 0.4) is 0 Å². The van der Waals surface area contributed by atoms with Crippen molar-refractivity contribution in [3.63, 3.8) is 0 Å². The number of rotatable bonds is 1. The van der Waals surface area contributed by atoms with E-state index in [-0.39, 0.29) is 5.97 Å². The number of methoxy groups -OCH3 is 1. The van der Waals surface area contributed by atoms with E-state index in [1.165, 1.54) is 18.2 Å². The van der Waals surface area contributed by atoms with Crippen molar-refractivity contribution < 1.29 is 9.53 Å². The van der Waals surface area contributed by atoms with Crippen LogP contribution in [0.1, 0.15) is 21.5 Å². The van der Waals surface area contributed by atoms with Crippen LogP contribution in [0.4, 0.5) is 0 Å². The number of aromatic nitrogens is 3. The van der Waals surface area contributed by atoms with Crippen LogP contribution >= 0.6 is 0 Å². The Hall–Kier alpha value is -2.56. The quantitative estimate of drug-likeness (QED) is 0.665. The van der Waals surface area contributed by atoms with Gasteiger partial charge in [-0.15, -0.1) is 0 Å². The van der Waals surface area contributed by atoms with Crippen LogP contribution in [-0.4, -0.2) is 28.3 Å². The molecule has 100 valence electrons. The van der Waals surface area contributed by atoms with E-state index in [9.17, 15) is 4.79 Å². The third-order valence-electron chi connectivity index (χ3n) is 3.94. The Morgan fingerprint density at radius 1 is 1.30 bits per heavy atom. The fraction of sp³-hybridized carbons (Fsp3) is 0.200. The van der Waals surface area contributed by atoms with Crippen molar-refractivity contribution in [3.05, 3.63) is 41.1 Å².